The normalized spacial score (nSPS) is 12.6. The Morgan fingerprint density at radius 1 is 1.25 bits per heavy atom. The molecule has 0 bridgehead atoms. The van der Waals surface area contributed by atoms with Gasteiger partial charge in [-0.3, -0.25) is 0 Å². The molecule has 108 valence electrons. The number of aryl methyl sites for hydroxylation is 1. The molecular formula is C15H18Cl2N2S. The standard InChI is InChI=1S/C15H18Cl2N2S/c1-3-4-18-15(8-14-9-20-10(2)19-14)11-5-12(16)7-13(17)6-11/h5-7,9,15,18H,3-4,8H2,1-2H3. The molecule has 1 N–H and O–H groups in total. The minimum atomic E-state index is 0.188. The van der Waals surface area contributed by atoms with Crippen LogP contribution in [0.2, 0.25) is 10.0 Å². The second kappa shape index (κ2) is 7.41. The van der Waals surface area contributed by atoms with Crippen LogP contribution in [0.4, 0.5) is 0 Å². The molecule has 0 amide bonds. The number of rotatable bonds is 6. The Labute approximate surface area is 134 Å². The van der Waals surface area contributed by atoms with E-state index in [1.54, 1.807) is 17.4 Å². The Kier molecular flexibility index (Phi) is 5.85. The van der Waals surface area contributed by atoms with Crippen molar-refractivity contribution in [3.05, 3.63) is 49.9 Å². The lowest BCUT2D eigenvalue weighted by atomic mass is 10.0. The summed E-state index contributed by atoms with van der Waals surface area (Å²) in [6.07, 6.45) is 1.93. The van der Waals surface area contributed by atoms with Crippen molar-refractivity contribution in [1.29, 1.82) is 0 Å². The summed E-state index contributed by atoms with van der Waals surface area (Å²) in [7, 11) is 0. The van der Waals surface area contributed by atoms with Crippen LogP contribution in [0.15, 0.2) is 23.6 Å². The first-order chi connectivity index (χ1) is 9.58. The van der Waals surface area contributed by atoms with Crippen LogP contribution in [-0.2, 0) is 6.42 Å². The maximum Gasteiger partial charge on any atom is 0.0897 e. The van der Waals surface area contributed by atoms with E-state index < -0.39 is 0 Å². The number of halogens is 2. The van der Waals surface area contributed by atoms with Crippen molar-refractivity contribution >= 4 is 34.5 Å². The number of nitrogens with one attached hydrogen (secondary N) is 1. The highest BCUT2D eigenvalue weighted by molar-refractivity contribution is 7.09. The van der Waals surface area contributed by atoms with E-state index in [0.29, 0.717) is 10.0 Å². The maximum absolute atomic E-state index is 6.11. The van der Waals surface area contributed by atoms with E-state index in [4.69, 9.17) is 23.2 Å². The lowest BCUT2D eigenvalue weighted by Gasteiger charge is -2.18. The van der Waals surface area contributed by atoms with E-state index in [-0.39, 0.29) is 6.04 Å². The van der Waals surface area contributed by atoms with Crippen LogP contribution in [0.1, 0.15) is 35.7 Å². The fourth-order valence-corrected chi connectivity index (χ4v) is 3.28. The minimum absolute atomic E-state index is 0.188. The van der Waals surface area contributed by atoms with Gasteiger partial charge < -0.3 is 5.32 Å². The molecule has 5 heteroatoms. The number of hydrogen-bond acceptors (Lipinski definition) is 3. The van der Waals surface area contributed by atoms with E-state index in [1.165, 1.54) is 0 Å². The molecule has 1 unspecified atom stereocenters. The lowest BCUT2D eigenvalue weighted by molar-refractivity contribution is 0.525. The van der Waals surface area contributed by atoms with Gasteiger partial charge in [0.2, 0.25) is 0 Å². The summed E-state index contributed by atoms with van der Waals surface area (Å²) >= 11 is 13.9. The zero-order valence-electron chi connectivity index (χ0n) is 11.6. The van der Waals surface area contributed by atoms with Gasteiger partial charge in [-0.05, 0) is 43.7 Å². The second-order valence-electron chi connectivity index (χ2n) is 4.77. The van der Waals surface area contributed by atoms with E-state index >= 15 is 0 Å². The average molecular weight is 329 g/mol. The highest BCUT2D eigenvalue weighted by Crippen LogP contribution is 2.26. The van der Waals surface area contributed by atoms with Gasteiger partial charge in [-0.2, -0.15) is 0 Å². The lowest BCUT2D eigenvalue weighted by Crippen LogP contribution is -2.24. The molecule has 0 saturated carbocycles. The molecular weight excluding hydrogens is 311 g/mol. The summed E-state index contributed by atoms with van der Waals surface area (Å²) < 4.78 is 0. The Morgan fingerprint density at radius 3 is 2.50 bits per heavy atom. The molecule has 20 heavy (non-hydrogen) atoms. The Bertz CT molecular complexity index is 549. The smallest absolute Gasteiger partial charge is 0.0897 e. The van der Waals surface area contributed by atoms with Gasteiger partial charge >= 0.3 is 0 Å². The molecule has 0 radical (unpaired) electrons. The SMILES string of the molecule is CCCNC(Cc1csc(C)n1)c1cc(Cl)cc(Cl)c1. The van der Waals surface area contributed by atoms with Gasteiger partial charge in [-0.25, -0.2) is 4.98 Å². The van der Waals surface area contributed by atoms with Crippen LogP contribution in [0, 0.1) is 6.92 Å². The van der Waals surface area contributed by atoms with Crippen LogP contribution in [0.5, 0.6) is 0 Å². The second-order valence-corrected chi connectivity index (χ2v) is 6.71. The third-order valence-corrected chi connectivity index (χ3v) is 4.27. The van der Waals surface area contributed by atoms with Crippen LogP contribution in [-0.4, -0.2) is 11.5 Å². The summed E-state index contributed by atoms with van der Waals surface area (Å²) in [5, 5.41) is 8.10. The predicted molar refractivity (Wildman–Crippen MR) is 88.1 cm³/mol. The van der Waals surface area contributed by atoms with E-state index in [0.717, 1.165) is 35.7 Å². The highest BCUT2D eigenvalue weighted by Gasteiger charge is 2.14. The summed E-state index contributed by atoms with van der Waals surface area (Å²) in [6.45, 7) is 5.14. The average Bonchev–Trinajstić information content (AvgIpc) is 2.79. The quantitative estimate of drug-likeness (QED) is 0.803. The number of benzene rings is 1. The van der Waals surface area contributed by atoms with Crippen LogP contribution >= 0.6 is 34.5 Å². The van der Waals surface area contributed by atoms with Crippen LogP contribution in [0.3, 0.4) is 0 Å². The summed E-state index contributed by atoms with van der Waals surface area (Å²) in [5.74, 6) is 0. The maximum atomic E-state index is 6.11. The highest BCUT2D eigenvalue weighted by atomic mass is 35.5. The van der Waals surface area contributed by atoms with Crippen molar-refractivity contribution in [2.24, 2.45) is 0 Å². The first-order valence-corrected chi connectivity index (χ1v) is 8.32. The van der Waals surface area contributed by atoms with E-state index in [1.807, 2.05) is 19.1 Å². The van der Waals surface area contributed by atoms with Crippen molar-refractivity contribution in [3.63, 3.8) is 0 Å². The first-order valence-electron chi connectivity index (χ1n) is 6.69. The zero-order chi connectivity index (χ0) is 14.5. The fourth-order valence-electron chi connectivity index (χ4n) is 2.11. The molecule has 1 aromatic carbocycles. The predicted octanol–water partition coefficient (Wildman–Crippen LogP) is 5.04. The van der Waals surface area contributed by atoms with Crippen LogP contribution in [0.25, 0.3) is 0 Å². The molecule has 0 aliphatic heterocycles. The Hall–Kier alpha value is -0.610. The first kappa shape index (κ1) is 15.8. The fraction of sp³-hybridized carbons (Fsp3) is 0.400. The van der Waals surface area contributed by atoms with Gasteiger partial charge in [0, 0.05) is 27.9 Å². The van der Waals surface area contributed by atoms with E-state index in [2.05, 4.69) is 22.6 Å². The van der Waals surface area contributed by atoms with Gasteiger partial charge in [0.15, 0.2) is 0 Å². The number of thiazole rings is 1. The molecule has 0 aliphatic carbocycles. The molecule has 0 saturated heterocycles. The van der Waals surface area contributed by atoms with E-state index in [9.17, 15) is 0 Å². The summed E-state index contributed by atoms with van der Waals surface area (Å²) in [4.78, 5) is 4.54. The molecule has 0 fully saturated rings. The number of aromatic nitrogens is 1. The third kappa shape index (κ3) is 4.45. The molecule has 1 aromatic heterocycles. The third-order valence-electron chi connectivity index (χ3n) is 3.01. The molecule has 1 atom stereocenters. The van der Waals surface area contributed by atoms with Gasteiger partial charge in [0.1, 0.15) is 0 Å². The van der Waals surface area contributed by atoms with Crippen molar-refractivity contribution in [3.8, 4) is 0 Å². The molecule has 0 spiro atoms. The molecule has 0 aliphatic rings. The minimum Gasteiger partial charge on any atom is -0.310 e. The largest absolute Gasteiger partial charge is 0.310 e. The van der Waals surface area contributed by atoms with Crippen molar-refractivity contribution in [2.75, 3.05) is 6.54 Å². The molecule has 2 rings (SSSR count). The van der Waals surface area contributed by atoms with Gasteiger partial charge in [0.25, 0.3) is 0 Å². The number of hydrogen-bond donors (Lipinski definition) is 1. The van der Waals surface area contributed by atoms with Crippen molar-refractivity contribution < 1.29 is 0 Å². The van der Waals surface area contributed by atoms with Gasteiger partial charge in [0.05, 0.1) is 10.7 Å². The van der Waals surface area contributed by atoms with Gasteiger partial charge in [-0.1, -0.05) is 30.1 Å². The zero-order valence-corrected chi connectivity index (χ0v) is 13.9. The summed E-state index contributed by atoms with van der Waals surface area (Å²) in [5.41, 5.74) is 2.22. The van der Waals surface area contributed by atoms with Crippen molar-refractivity contribution in [2.45, 2.75) is 32.7 Å². The number of nitrogens with zero attached hydrogens (tertiary/aromatic N) is 1. The van der Waals surface area contributed by atoms with Gasteiger partial charge in [-0.15, -0.1) is 11.3 Å². The van der Waals surface area contributed by atoms with Crippen molar-refractivity contribution in [1.82, 2.24) is 10.3 Å². The topological polar surface area (TPSA) is 24.9 Å². The molecule has 2 nitrogen and oxygen atoms in total. The Morgan fingerprint density at radius 2 is 1.95 bits per heavy atom. The Balaban J connectivity index is 2.21. The molecule has 2 aromatic rings. The molecule has 1 heterocycles. The monoisotopic (exact) mass is 328 g/mol. The van der Waals surface area contributed by atoms with Crippen LogP contribution < -0.4 is 5.32 Å². The summed E-state index contributed by atoms with van der Waals surface area (Å²) in [6, 6.07) is 5.89.